The molecule has 39 heavy (non-hydrogen) atoms. The molecular formula is C31H41N3O5. The van der Waals surface area contributed by atoms with E-state index < -0.39 is 35.6 Å². The predicted octanol–water partition coefficient (Wildman–Crippen LogP) is 4.91. The minimum absolute atomic E-state index is 0.0637. The number of unbranched alkanes of at least 4 members (excludes halogenated alkanes) is 2. The molecule has 0 heterocycles. The molecule has 0 saturated carbocycles. The molecule has 2 rings (SSSR count). The molecule has 2 aromatic rings. The average molecular weight is 536 g/mol. The zero-order valence-electron chi connectivity index (χ0n) is 23.8. The highest BCUT2D eigenvalue weighted by Crippen LogP contribution is 2.27. The number of ether oxygens (including phenoxy) is 1. The molecule has 0 radical (unpaired) electrons. The van der Waals surface area contributed by atoms with Crippen LogP contribution in [-0.4, -0.2) is 46.1 Å². The van der Waals surface area contributed by atoms with Crippen LogP contribution in [0.5, 0.6) is 5.75 Å². The van der Waals surface area contributed by atoms with Gasteiger partial charge in [-0.15, -0.1) is 0 Å². The molecule has 2 atom stereocenters. The number of carbonyl (C=O) groups excluding carboxylic acids is 3. The predicted molar refractivity (Wildman–Crippen MR) is 152 cm³/mol. The molecule has 0 aliphatic heterocycles. The van der Waals surface area contributed by atoms with Gasteiger partial charge in [0.25, 0.3) is 5.91 Å². The first-order chi connectivity index (χ1) is 18.4. The second kappa shape index (κ2) is 14.2. The van der Waals surface area contributed by atoms with Gasteiger partial charge in [-0.05, 0) is 75.4 Å². The maximum Gasteiger partial charge on any atom is 0.408 e. The zero-order valence-corrected chi connectivity index (χ0v) is 23.8. The van der Waals surface area contributed by atoms with Gasteiger partial charge in [-0.3, -0.25) is 14.5 Å². The first-order valence-electron chi connectivity index (χ1n) is 13.3. The first-order valence-corrected chi connectivity index (χ1v) is 13.3. The molecule has 0 aliphatic rings. The quantitative estimate of drug-likeness (QED) is 0.215. The summed E-state index contributed by atoms with van der Waals surface area (Å²) in [7, 11) is 0. The number of aromatic hydroxyl groups is 1. The molecule has 210 valence electrons. The average Bonchev–Trinajstić information content (AvgIpc) is 2.86. The summed E-state index contributed by atoms with van der Waals surface area (Å²) in [5, 5.41) is 15.2. The van der Waals surface area contributed by atoms with Crippen LogP contribution in [0.3, 0.4) is 0 Å². The molecule has 8 nitrogen and oxygen atoms in total. The van der Waals surface area contributed by atoms with Gasteiger partial charge in [0.15, 0.2) is 0 Å². The summed E-state index contributed by atoms with van der Waals surface area (Å²) in [6, 6.07) is 12.0. The van der Waals surface area contributed by atoms with Crippen molar-refractivity contribution in [1.82, 2.24) is 15.5 Å². The van der Waals surface area contributed by atoms with Crippen molar-refractivity contribution in [3.63, 3.8) is 0 Å². The number of aryl methyl sites for hydroxylation is 1. The van der Waals surface area contributed by atoms with Crippen molar-refractivity contribution in [1.29, 1.82) is 0 Å². The Morgan fingerprint density at radius 3 is 2.33 bits per heavy atom. The Labute approximate surface area is 232 Å². The van der Waals surface area contributed by atoms with Crippen LogP contribution in [0.4, 0.5) is 4.79 Å². The minimum atomic E-state index is -1.14. The van der Waals surface area contributed by atoms with Crippen LogP contribution in [0.25, 0.3) is 0 Å². The van der Waals surface area contributed by atoms with Gasteiger partial charge in [0.2, 0.25) is 5.91 Å². The fraction of sp³-hybridized carbons (Fsp3) is 0.452. The van der Waals surface area contributed by atoms with Crippen LogP contribution in [0.2, 0.25) is 0 Å². The normalized spacial score (nSPS) is 12.5. The van der Waals surface area contributed by atoms with Gasteiger partial charge in [-0.1, -0.05) is 56.5 Å². The Morgan fingerprint density at radius 1 is 1.08 bits per heavy atom. The third-order valence-corrected chi connectivity index (χ3v) is 6.27. The highest BCUT2D eigenvalue weighted by Gasteiger charge is 2.36. The van der Waals surface area contributed by atoms with E-state index in [0.29, 0.717) is 17.7 Å². The number of hydrogen-bond donors (Lipinski definition) is 3. The molecule has 0 fully saturated rings. The summed E-state index contributed by atoms with van der Waals surface area (Å²) in [4.78, 5) is 41.4. The maximum absolute atomic E-state index is 14.0. The third-order valence-electron chi connectivity index (χ3n) is 6.27. The van der Waals surface area contributed by atoms with Crippen molar-refractivity contribution in [3.05, 3.63) is 64.7 Å². The maximum atomic E-state index is 14.0. The van der Waals surface area contributed by atoms with Crippen LogP contribution < -0.4 is 10.6 Å². The number of carbonyl (C=O) groups is 3. The van der Waals surface area contributed by atoms with Gasteiger partial charge >= 0.3 is 6.09 Å². The van der Waals surface area contributed by atoms with Gasteiger partial charge in [-0.25, -0.2) is 4.79 Å². The third kappa shape index (κ3) is 9.36. The second-order valence-electron chi connectivity index (χ2n) is 10.6. The minimum Gasteiger partial charge on any atom is -0.508 e. The lowest BCUT2D eigenvalue weighted by Crippen LogP contribution is -2.52. The molecule has 2 unspecified atom stereocenters. The standard InChI is InChI=1S/C31H41N3O5/c1-8-10-11-19-32-28(36)27(25-14-12-13-21(3)22(25)4)34(9-2)29(37)26(33-30(38)39-31(5,6)7)20-23-15-17-24(35)18-16-23/h2,12-18,26-27,35H,8,10-11,19-20H2,1,3-7H3,(H,32,36)(H,33,38). The monoisotopic (exact) mass is 535 g/mol. The van der Waals surface area contributed by atoms with Crippen molar-refractivity contribution in [3.8, 4) is 18.2 Å². The highest BCUT2D eigenvalue weighted by molar-refractivity contribution is 5.93. The fourth-order valence-electron chi connectivity index (χ4n) is 4.10. The van der Waals surface area contributed by atoms with E-state index in [1.54, 1.807) is 39.0 Å². The van der Waals surface area contributed by atoms with E-state index in [4.69, 9.17) is 11.2 Å². The number of amides is 3. The number of phenolic OH excluding ortho intramolecular Hbond substituents is 1. The van der Waals surface area contributed by atoms with Crippen LogP contribution in [-0.2, 0) is 20.7 Å². The van der Waals surface area contributed by atoms with Gasteiger partial charge in [0, 0.05) is 19.0 Å². The molecule has 8 heteroatoms. The molecule has 0 bridgehead atoms. The largest absolute Gasteiger partial charge is 0.508 e. The van der Waals surface area contributed by atoms with Crippen LogP contribution in [0, 0.1) is 26.3 Å². The van der Waals surface area contributed by atoms with Crippen molar-refractivity contribution >= 4 is 17.9 Å². The Bertz CT molecular complexity index is 1180. The number of alkyl carbamates (subject to hydrolysis) is 1. The number of rotatable bonds is 11. The lowest BCUT2D eigenvalue weighted by atomic mass is 9.95. The molecule has 0 saturated heterocycles. The molecule has 0 aromatic heterocycles. The number of terminal acetylenes is 1. The molecule has 3 amide bonds. The van der Waals surface area contributed by atoms with E-state index in [9.17, 15) is 19.5 Å². The Balaban J connectivity index is 2.49. The highest BCUT2D eigenvalue weighted by atomic mass is 16.6. The van der Waals surface area contributed by atoms with Crippen LogP contribution in [0.1, 0.15) is 75.3 Å². The van der Waals surface area contributed by atoms with E-state index in [1.807, 2.05) is 26.0 Å². The summed E-state index contributed by atoms with van der Waals surface area (Å²) in [5.41, 5.74) is 2.28. The van der Waals surface area contributed by atoms with Crippen LogP contribution >= 0.6 is 0 Å². The number of nitrogens with zero attached hydrogens (tertiary/aromatic N) is 1. The van der Waals surface area contributed by atoms with Gasteiger partial charge in [-0.2, -0.15) is 0 Å². The van der Waals surface area contributed by atoms with E-state index in [1.165, 1.54) is 12.1 Å². The van der Waals surface area contributed by atoms with Gasteiger partial charge in [0.05, 0.1) is 0 Å². The lowest BCUT2D eigenvalue weighted by Gasteiger charge is -2.31. The number of nitrogens with one attached hydrogen (secondary N) is 2. The van der Waals surface area contributed by atoms with Crippen molar-refractivity contribution < 1.29 is 24.2 Å². The zero-order chi connectivity index (χ0) is 29.2. The van der Waals surface area contributed by atoms with E-state index >= 15 is 0 Å². The molecule has 2 aromatic carbocycles. The number of phenols is 1. The van der Waals surface area contributed by atoms with Crippen molar-refractivity contribution in [2.45, 2.75) is 84.9 Å². The van der Waals surface area contributed by atoms with Gasteiger partial charge in [0.1, 0.15) is 23.4 Å². The molecular weight excluding hydrogens is 494 g/mol. The second-order valence-corrected chi connectivity index (χ2v) is 10.6. The van der Waals surface area contributed by atoms with Crippen molar-refractivity contribution in [2.24, 2.45) is 0 Å². The Kier molecular flexibility index (Phi) is 11.4. The smallest absolute Gasteiger partial charge is 0.408 e. The summed E-state index contributed by atoms with van der Waals surface area (Å²) in [6.07, 6.45) is 7.93. The van der Waals surface area contributed by atoms with E-state index in [0.717, 1.165) is 35.3 Å². The topological polar surface area (TPSA) is 108 Å². The molecule has 3 N–H and O–H groups in total. The number of hydrogen-bond acceptors (Lipinski definition) is 5. The molecule has 0 aliphatic carbocycles. The SMILES string of the molecule is C#CN(C(=O)C(Cc1ccc(O)cc1)NC(=O)OC(C)(C)C)C(C(=O)NCCCCC)c1cccc(C)c1C. The fourth-order valence-corrected chi connectivity index (χ4v) is 4.10. The Morgan fingerprint density at radius 2 is 1.74 bits per heavy atom. The summed E-state index contributed by atoms with van der Waals surface area (Å²) >= 11 is 0. The first kappa shape index (κ1) is 31.2. The van der Waals surface area contributed by atoms with Gasteiger partial charge < -0.3 is 20.5 Å². The lowest BCUT2D eigenvalue weighted by molar-refractivity contribution is -0.138. The van der Waals surface area contributed by atoms with Crippen LogP contribution in [0.15, 0.2) is 42.5 Å². The summed E-state index contributed by atoms with van der Waals surface area (Å²) in [5.74, 6) is -0.959. The van der Waals surface area contributed by atoms with E-state index in [-0.39, 0.29) is 12.2 Å². The number of benzene rings is 2. The summed E-state index contributed by atoms with van der Waals surface area (Å²) in [6.45, 7) is 11.5. The van der Waals surface area contributed by atoms with E-state index in [2.05, 4.69) is 23.6 Å². The molecule has 0 spiro atoms. The Hall–Kier alpha value is -3.99. The van der Waals surface area contributed by atoms with Crippen molar-refractivity contribution in [2.75, 3.05) is 6.54 Å². The summed E-state index contributed by atoms with van der Waals surface area (Å²) < 4.78 is 5.40.